The van der Waals surface area contributed by atoms with Gasteiger partial charge in [0.05, 0.1) is 13.2 Å². The Hall–Kier alpha value is -2.44. The van der Waals surface area contributed by atoms with Gasteiger partial charge in [0.15, 0.2) is 0 Å². The van der Waals surface area contributed by atoms with Crippen molar-refractivity contribution in [2.24, 2.45) is 0 Å². The quantitative estimate of drug-likeness (QED) is 0.366. The summed E-state index contributed by atoms with van der Waals surface area (Å²) in [6.07, 6.45) is 0. The van der Waals surface area contributed by atoms with E-state index in [1.54, 1.807) is 38.1 Å². The molecule has 0 fully saturated rings. The molecule has 0 aliphatic heterocycles. The van der Waals surface area contributed by atoms with Crippen LogP contribution in [0.25, 0.3) is 0 Å². The van der Waals surface area contributed by atoms with E-state index < -0.39 is 17.7 Å². The van der Waals surface area contributed by atoms with Crippen LogP contribution in [-0.4, -0.2) is 30.9 Å². The van der Waals surface area contributed by atoms with Crippen molar-refractivity contribution in [2.45, 2.75) is 19.6 Å². The Morgan fingerprint density at radius 1 is 0.815 bits per heavy atom. The van der Waals surface area contributed by atoms with Gasteiger partial charge in [-0.15, -0.1) is 0 Å². The predicted octanol–water partition coefficient (Wildman–Crippen LogP) is 4.27. The highest BCUT2D eigenvalue weighted by molar-refractivity contribution is 6.31. The molecule has 0 N–H and O–H groups in total. The molecule has 144 valence electrons. The molecule has 0 aliphatic rings. The summed E-state index contributed by atoms with van der Waals surface area (Å²) in [4.78, 5) is 25.4. The van der Waals surface area contributed by atoms with Crippen LogP contribution >= 0.6 is 23.2 Å². The van der Waals surface area contributed by atoms with Crippen LogP contribution in [0.15, 0.2) is 48.5 Å². The molecule has 0 spiro atoms. The third kappa shape index (κ3) is 5.28. The van der Waals surface area contributed by atoms with Crippen LogP contribution in [-0.2, 0) is 19.1 Å². The molecule has 6 nitrogen and oxygen atoms in total. The van der Waals surface area contributed by atoms with Crippen molar-refractivity contribution < 1.29 is 28.5 Å². The number of ether oxygens (including phenoxy) is 4. The molecule has 27 heavy (non-hydrogen) atoms. The van der Waals surface area contributed by atoms with E-state index in [1.165, 1.54) is 24.3 Å². The normalized spacial score (nSPS) is 10.8. The highest BCUT2D eigenvalue weighted by Crippen LogP contribution is 2.29. The van der Waals surface area contributed by atoms with Gasteiger partial charge in [0.2, 0.25) is 0 Å². The van der Waals surface area contributed by atoms with Crippen LogP contribution in [0.4, 0.5) is 0 Å². The van der Waals surface area contributed by atoms with E-state index in [-0.39, 0.29) is 24.7 Å². The largest absolute Gasteiger partial charge is 0.460 e. The number of hydrogen-bond acceptors (Lipinski definition) is 6. The first-order valence-electron chi connectivity index (χ1n) is 8.15. The summed E-state index contributed by atoms with van der Waals surface area (Å²) in [5, 5.41) is 0.689. The van der Waals surface area contributed by atoms with Crippen molar-refractivity contribution in [3.63, 3.8) is 0 Å². The number of halogens is 2. The van der Waals surface area contributed by atoms with E-state index >= 15 is 0 Å². The van der Waals surface area contributed by atoms with Gasteiger partial charge in [-0.2, -0.15) is 0 Å². The highest BCUT2D eigenvalue weighted by atomic mass is 35.5. The molecule has 2 aromatic rings. The minimum Gasteiger partial charge on any atom is -0.460 e. The van der Waals surface area contributed by atoms with Crippen molar-refractivity contribution in [2.75, 3.05) is 13.2 Å². The van der Waals surface area contributed by atoms with Crippen LogP contribution in [0.3, 0.4) is 0 Å². The average Bonchev–Trinajstić information content (AvgIpc) is 2.61. The second kappa shape index (κ2) is 9.48. The summed E-state index contributed by atoms with van der Waals surface area (Å²) in [6, 6.07) is 12.3. The van der Waals surface area contributed by atoms with E-state index in [9.17, 15) is 9.59 Å². The zero-order valence-corrected chi connectivity index (χ0v) is 16.3. The van der Waals surface area contributed by atoms with Gasteiger partial charge < -0.3 is 18.9 Å². The molecule has 0 radical (unpaired) electrons. The fourth-order valence-electron chi connectivity index (χ4n) is 2.12. The molecule has 0 saturated heterocycles. The topological polar surface area (TPSA) is 71.1 Å². The van der Waals surface area contributed by atoms with Crippen LogP contribution in [0.1, 0.15) is 13.8 Å². The van der Waals surface area contributed by atoms with Gasteiger partial charge in [-0.3, -0.25) is 0 Å². The van der Waals surface area contributed by atoms with Gasteiger partial charge in [0, 0.05) is 10.0 Å². The van der Waals surface area contributed by atoms with Crippen LogP contribution in [0.2, 0.25) is 10.0 Å². The van der Waals surface area contributed by atoms with Gasteiger partial charge in [0.1, 0.15) is 11.5 Å². The Morgan fingerprint density at radius 2 is 1.22 bits per heavy atom. The van der Waals surface area contributed by atoms with Crippen LogP contribution in [0, 0.1) is 0 Å². The molecule has 0 saturated carbocycles. The molecule has 0 unspecified atom stereocenters. The zero-order chi connectivity index (χ0) is 19.9. The van der Waals surface area contributed by atoms with Crippen molar-refractivity contribution in [3.8, 4) is 11.5 Å². The number of rotatable bonds is 8. The average molecular weight is 413 g/mol. The van der Waals surface area contributed by atoms with Crippen LogP contribution in [0.5, 0.6) is 11.5 Å². The standard InChI is InChI=1S/C19H18Cl2O6/c1-3-24-17(22)19(18(23)25-4-2,26-15-9-5-7-13(20)11-15)27-16-10-6-8-14(21)12-16/h5-12H,3-4H2,1-2H3. The molecule has 0 atom stereocenters. The molecular weight excluding hydrogens is 395 g/mol. The molecule has 0 aliphatic carbocycles. The number of esters is 2. The lowest BCUT2D eigenvalue weighted by molar-refractivity contribution is -0.209. The van der Waals surface area contributed by atoms with E-state index in [1.807, 2.05) is 0 Å². The minimum absolute atomic E-state index is 0.00218. The first-order valence-corrected chi connectivity index (χ1v) is 8.90. The SMILES string of the molecule is CCOC(=O)C(Oc1cccc(Cl)c1)(Oc1cccc(Cl)c1)C(=O)OCC. The maximum atomic E-state index is 12.7. The second-order valence-electron chi connectivity index (χ2n) is 5.18. The summed E-state index contributed by atoms with van der Waals surface area (Å²) in [6.45, 7) is 3.18. The molecule has 0 aromatic heterocycles. The van der Waals surface area contributed by atoms with E-state index in [0.29, 0.717) is 10.0 Å². The van der Waals surface area contributed by atoms with Gasteiger partial charge in [-0.25, -0.2) is 9.59 Å². The Bertz CT molecular complexity index is 741. The van der Waals surface area contributed by atoms with E-state index in [4.69, 9.17) is 42.1 Å². The van der Waals surface area contributed by atoms with Crippen molar-refractivity contribution in [3.05, 3.63) is 58.6 Å². The fourth-order valence-corrected chi connectivity index (χ4v) is 2.48. The monoisotopic (exact) mass is 412 g/mol. The molecular formula is C19H18Cl2O6. The maximum absolute atomic E-state index is 12.7. The third-order valence-corrected chi connectivity index (χ3v) is 3.67. The summed E-state index contributed by atoms with van der Waals surface area (Å²) < 4.78 is 21.4. The summed E-state index contributed by atoms with van der Waals surface area (Å²) in [5.74, 6) is -4.43. The lowest BCUT2D eigenvalue weighted by Crippen LogP contribution is -2.58. The van der Waals surface area contributed by atoms with Crippen LogP contribution < -0.4 is 9.47 Å². The first kappa shape index (κ1) is 20.9. The first-order chi connectivity index (χ1) is 12.9. The number of hydrogen-bond donors (Lipinski definition) is 0. The van der Waals surface area contributed by atoms with Gasteiger partial charge >= 0.3 is 17.7 Å². The zero-order valence-electron chi connectivity index (χ0n) is 14.7. The van der Waals surface area contributed by atoms with Gasteiger partial charge in [-0.1, -0.05) is 35.3 Å². The second-order valence-corrected chi connectivity index (χ2v) is 6.05. The molecule has 0 bridgehead atoms. The molecule has 0 heterocycles. The maximum Gasteiger partial charge on any atom is 0.453 e. The van der Waals surface area contributed by atoms with Crippen molar-refractivity contribution in [1.29, 1.82) is 0 Å². The lowest BCUT2D eigenvalue weighted by atomic mass is 10.2. The summed E-state index contributed by atoms with van der Waals surface area (Å²) in [7, 11) is 0. The smallest absolute Gasteiger partial charge is 0.453 e. The lowest BCUT2D eigenvalue weighted by Gasteiger charge is -2.29. The molecule has 8 heteroatoms. The fraction of sp³-hybridized carbons (Fsp3) is 0.263. The Kier molecular flexibility index (Phi) is 7.33. The molecule has 0 amide bonds. The van der Waals surface area contributed by atoms with Crippen molar-refractivity contribution >= 4 is 35.1 Å². The number of carbonyl (C=O) groups excluding carboxylic acids is 2. The summed E-state index contributed by atoms with van der Waals surface area (Å²) in [5.41, 5.74) is 0. The van der Waals surface area contributed by atoms with Gasteiger partial charge in [0.25, 0.3) is 0 Å². The molecule has 2 aromatic carbocycles. The number of carbonyl (C=O) groups is 2. The summed E-state index contributed by atoms with van der Waals surface area (Å²) >= 11 is 11.9. The third-order valence-electron chi connectivity index (χ3n) is 3.20. The number of benzene rings is 2. The Morgan fingerprint density at radius 3 is 1.56 bits per heavy atom. The highest BCUT2D eigenvalue weighted by Gasteiger charge is 2.56. The van der Waals surface area contributed by atoms with E-state index in [0.717, 1.165) is 0 Å². The van der Waals surface area contributed by atoms with E-state index in [2.05, 4.69) is 0 Å². The Labute approximate surface area is 166 Å². The predicted molar refractivity (Wildman–Crippen MR) is 100 cm³/mol. The van der Waals surface area contributed by atoms with Gasteiger partial charge in [-0.05, 0) is 50.2 Å². The minimum atomic E-state index is -2.53. The van der Waals surface area contributed by atoms with Crippen molar-refractivity contribution in [1.82, 2.24) is 0 Å². The molecule has 2 rings (SSSR count). The Balaban J connectivity index is 2.53.